The van der Waals surface area contributed by atoms with Gasteiger partial charge in [0.15, 0.2) is 0 Å². The summed E-state index contributed by atoms with van der Waals surface area (Å²) in [5, 5.41) is 5.13. The highest BCUT2D eigenvalue weighted by atomic mass is 35.5. The van der Waals surface area contributed by atoms with Gasteiger partial charge in [-0.15, -0.1) is 0 Å². The second kappa shape index (κ2) is 6.27. The van der Waals surface area contributed by atoms with E-state index in [2.05, 4.69) is 31.0 Å². The Bertz CT molecular complexity index is 497. The quantitative estimate of drug-likeness (QED) is 0.930. The average Bonchev–Trinajstić information content (AvgIpc) is 2.65. The first-order chi connectivity index (χ1) is 9.78. The fraction of sp³-hybridized carbons (Fsp3) is 0.812. The van der Waals surface area contributed by atoms with E-state index in [0.29, 0.717) is 0 Å². The van der Waals surface area contributed by atoms with Crippen molar-refractivity contribution in [2.45, 2.75) is 57.5 Å². The highest BCUT2D eigenvalue weighted by Gasteiger charge is 2.42. The number of aryl methyl sites for hydroxylation is 2. The van der Waals surface area contributed by atoms with Crippen LogP contribution in [0.3, 0.4) is 0 Å². The van der Waals surface area contributed by atoms with Crippen molar-refractivity contribution in [3.8, 4) is 0 Å². The minimum Gasteiger partial charge on any atom is -0.326 e. The number of hydrogen-bond donors (Lipinski definition) is 1. The first-order valence-electron chi connectivity index (χ1n) is 7.89. The lowest BCUT2D eigenvalue weighted by molar-refractivity contribution is 0.0503. The summed E-state index contributed by atoms with van der Waals surface area (Å²) < 4.78 is 1.74. The maximum Gasteiger partial charge on any atom is 0.130 e. The first-order valence-corrected chi connectivity index (χ1v) is 8.26. The van der Waals surface area contributed by atoms with Crippen LogP contribution in [-0.4, -0.2) is 40.4 Å². The smallest absolute Gasteiger partial charge is 0.130 e. The summed E-state index contributed by atoms with van der Waals surface area (Å²) in [6, 6.07) is 0.0793. The third-order valence-corrected chi connectivity index (χ3v) is 5.76. The maximum absolute atomic E-state index is 6.69. The Hall–Kier alpha value is -0.580. The van der Waals surface area contributed by atoms with Crippen LogP contribution in [0.2, 0.25) is 5.15 Å². The van der Waals surface area contributed by atoms with Crippen LogP contribution < -0.4 is 5.73 Å². The van der Waals surface area contributed by atoms with Crippen LogP contribution >= 0.6 is 11.6 Å². The normalized spacial score (nSPS) is 28.1. The summed E-state index contributed by atoms with van der Waals surface area (Å²) in [6.45, 7) is 4.35. The lowest BCUT2D eigenvalue weighted by atomic mass is 9.70. The van der Waals surface area contributed by atoms with Crippen molar-refractivity contribution in [2.24, 2.45) is 18.7 Å². The third-order valence-electron chi connectivity index (χ3n) is 5.28. The summed E-state index contributed by atoms with van der Waals surface area (Å²) >= 11 is 6.38. The van der Waals surface area contributed by atoms with E-state index in [4.69, 9.17) is 17.3 Å². The van der Waals surface area contributed by atoms with Gasteiger partial charge in [-0.3, -0.25) is 4.68 Å². The van der Waals surface area contributed by atoms with Crippen molar-refractivity contribution in [3.05, 3.63) is 16.4 Å². The molecule has 0 aliphatic heterocycles. The van der Waals surface area contributed by atoms with Crippen LogP contribution in [0.1, 0.15) is 43.9 Å². The molecule has 5 heteroatoms. The molecule has 0 amide bonds. The summed E-state index contributed by atoms with van der Waals surface area (Å²) in [7, 11) is 6.21. The summed E-state index contributed by atoms with van der Waals surface area (Å²) in [4.78, 5) is 2.34. The molecule has 1 aliphatic carbocycles. The molecule has 120 valence electrons. The number of nitrogens with two attached hydrogens (primary N) is 1. The molecule has 1 aromatic heterocycles. The molecule has 0 spiro atoms. The molecule has 1 fully saturated rings. The zero-order valence-corrected chi connectivity index (χ0v) is 14.7. The molecule has 0 saturated heterocycles. The molecular formula is C16H29ClN4. The van der Waals surface area contributed by atoms with Gasteiger partial charge in [0, 0.05) is 24.2 Å². The van der Waals surface area contributed by atoms with E-state index in [1.165, 1.54) is 19.3 Å². The highest BCUT2D eigenvalue weighted by molar-refractivity contribution is 6.30. The molecule has 0 aromatic carbocycles. The molecular weight excluding hydrogens is 284 g/mol. The third kappa shape index (κ3) is 3.13. The lowest BCUT2D eigenvalue weighted by Crippen LogP contribution is -2.60. The van der Waals surface area contributed by atoms with Crippen LogP contribution in [0, 0.1) is 12.8 Å². The minimum atomic E-state index is 0.0727. The summed E-state index contributed by atoms with van der Waals surface area (Å²) in [6.07, 6.45) is 5.70. The molecule has 0 bridgehead atoms. The Morgan fingerprint density at radius 2 is 2.19 bits per heavy atom. The van der Waals surface area contributed by atoms with Gasteiger partial charge in [-0.2, -0.15) is 5.10 Å². The molecule has 1 heterocycles. The molecule has 4 nitrogen and oxygen atoms in total. The van der Waals surface area contributed by atoms with Crippen molar-refractivity contribution < 1.29 is 0 Å². The molecule has 2 rings (SSSR count). The first kappa shape index (κ1) is 16.8. The van der Waals surface area contributed by atoms with Crippen molar-refractivity contribution >= 4 is 11.6 Å². The highest BCUT2D eigenvalue weighted by Crippen LogP contribution is 2.39. The predicted molar refractivity (Wildman–Crippen MR) is 88.7 cm³/mol. The van der Waals surface area contributed by atoms with Gasteiger partial charge >= 0.3 is 0 Å². The fourth-order valence-corrected chi connectivity index (χ4v) is 4.21. The van der Waals surface area contributed by atoms with Gasteiger partial charge in [-0.1, -0.05) is 31.4 Å². The molecule has 3 unspecified atom stereocenters. The van der Waals surface area contributed by atoms with E-state index >= 15 is 0 Å². The van der Waals surface area contributed by atoms with Crippen molar-refractivity contribution in [1.82, 2.24) is 14.7 Å². The molecule has 1 aliphatic rings. The van der Waals surface area contributed by atoms with Gasteiger partial charge in [-0.05, 0) is 46.2 Å². The number of halogens is 1. The number of nitrogens with zero attached hydrogens (tertiary/aromatic N) is 3. The Kier molecular flexibility index (Phi) is 5.01. The molecule has 0 radical (unpaired) electrons. The predicted octanol–water partition coefficient (Wildman–Crippen LogP) is 2.76. The topological polar surface area (TPSA) is 47.1 Å². The van der Waals surface area contributed by atoms with Crippen molar-refractivity contribution in [3.63, 3.8) is 0 Å². The van der Waals surface area contributed by atoms with E-state index in [0.717, 1.165) is 35.2 Å². The van der Waals surface area contributed by atoms with E-state index in [1.54, 1.807) is 4.68 Å². The lowest BCUT2D eigenvalue weighted by Gasteiger charge is -2.49. The number of hydrogen-bond acceptors (Lipinski definition) is 3. The molecule has 1 aromatic rings. The zero-order valence-electron chi connectivity index (χ0n) is 14.0. The largest absolute Gasteiger partial charge is 0.326 e. The average molecular weight is 313 g/mol. The van der Waals surface area contributed by atoms with Crippen molar-refractivity contribution in [2.75, 3.05) is 14.1 Å². The summed E-state index contributed by atoms with van der Waals surface area (Å²) in [5.41, 5.74) is 8.86. The van der Waals surface area contributed by atoms with Crippen LogP contribution in [0.5, 0.6) is 0 Å². The van der Waals surface area contributed by atoms with Gasteiger partial charge in [-0.25, -0.2) is 0 Å². The van der Waals surface area contributed by atoms with Gasteiger partial charge < -0.3 is 10.6 Å². The van der Waals surface area contributed by atoms with E-state index in [9.17, 15) is 0 Å². The molecule has 2 N–H and O–H groups in total. The molecule has 1 saturated carbocycles. The fourth-order valence-electron chi connectivity index (χ4n) is 3.95. The van der Waals surface area contributed by atoms with Crippen LogP contribution in [0.4, 0.5) is 0 Å². The van der Waals surface area contributed by atoms with Crippen LogP contribution in [-0.2, 0) is 13.5 Å². The van der Waals surface area contributed by atoms with Crippen LogP contribution in [0.15, 0.2) is 0 Å². The second-order valence-electron chi connectivity index (χ2n) is 6.99. The standard InChI is InChI=1S/C16H29ClN4/c1-11-7-6-8-16(10-11,20(3)4)14(18)9-13-12(2)19-21(5)15(13)17/h11,14H,6-10,18H2,1-5H3. The Morgan fingerprint density at radius 3 is 2.67 bits per heavy atom. The maximum atomic E-state index is 6.69. The van der Waals surface area contributed by atoms with Crippen molar-refractivity contribution in [1.29, 1.82) is 0 Å². The van der Waals surface area contributed by atoms with Gasteiger partial charge in [0.05, 0.1) is 5.69 Å². The minimum absolute atomic E-state index is 0.0727. The zero-order chi connectivity index (χ0) is 15.8. The Balaban J connectivity index is 2.25. The van der Waals surface area contributed by atoms with Gasteiger partial charge in [0.25, 0.3) is 0 Å². The number of aromatic nitrogens is 2. The van der Waals surface area contributed by atoms with Crippen LogP contribution in [0.25, 0.3) is 0 Å². The second-order valence-corrected chi connectivity index (χ2v) is 7.35. The number of likely N-dealkylation sites (N-methyl/N-ethyl adjacent to an activating group) is 1. The van der Waals surface area contributed by atoms with E-state index in [-0.39, 0.29) is 11.6 Å². The van der Waals surface area contributed by atoms with Gasteiger partial charge in [0.2, 0.25) is 0 Å². The van der Waals surface area contributed by atoms with E-state index < -0.39 is 0 Å². The SMILES string of the molecule is Cc1nn(C)c(Cl)c1CC(N)C1(N(C)C)CCCC(C)C1. The van der Waals surface area contributed by atoms with E-state index in [1.807, 2.05) is 14.0 Å². The monoisotopic (exact) mass is 312 g/mol. The Labute approximate surface area is 133 Å². The summed E-state index contributed by atoms with van der Waals surface area (Å²) in [5.74, 6) is 0.734. The molecule has 3 atom stereocenters. The van der Waals surface area contributed by atoms with Gasteiger partial charge in [0.1, 0.15) is 5.15 Å². The number of rotatable bonds is 4. The molecule has 21 heavy (non-hydrogen) atoms. The Morgan fingerprint density at radius 1 is 1.52 bits per heavy atom.